The van der Waals surface area contributed by atoms with Crippen LogP contribution < -0.4 is 5.32 Å². The number of ether oxygens (including phenoxy) is 1. The normalized spacial score (nSPS) is 25.9. The summed E-state index contributed by atoms with van der Waals surface area (Å²) in [6, 6.07) is 8.42. The second-order valence-corrected chi connectivity index (χ2v) is 6.27. The Hall–Kier alpha value is -1.90. The summed E-state index contributed by atoms with van der Waals surface area (Å²) >= 11 is 0. The lowest BCUT2D eigenvalue weighted by atomic mass is 9.56. The van der Waals surface area contributed by atoms with E-state index in [0.717, 1.165) is 0 Å². The first-order chi connectivity index (χ1) is 10.3. The fourth-order valence-electron chi connectivity index (χ4n) is 2.79. The van der Waals surface area contributed by atoms with E-state index in [2.05, 4.69) is 5.32 Å². The molecule has 0 bridgehead atoms. The van der Waals surface area contributed by atoms with Crippen LogP contribution in [0, 0.1) is 16.7 Å². The van der Waals surface area contributed by atoms with Crippen LogP contribution in [0.2, 0.25) is 0 Å². The maximum absolute atomic E-state index is 12.1. The highest BCUT2D eigenvalue weighted by Crippen LogP contribution is 2.50. The number of benzene rings is 1. The van der Waals surface area contributed by atoms with Crippen LogP contribution >= 0.6 is 0 Å². The van der Waals surface area contributed by atoms with Gasteiger partial charge >= 0.3 is 0 Å². The molecule has 2 N–H and O–H groups in total. The van der Waals surface area contributed by atoms with Crippen molar-refractivity contribution >= 4 is 5.91 Å². The summed E-state index contributed by atoms with van der Waals surface area (Å²) in [5.41, 5.74) is -0.383. The van der Waals surface area contributed by atoms with Crippen molar-refractivity contribution in [2.75, 3.05) is 13.2 Å². The number of amides is 1. The molecule has 0 radical (unpaired) electrons. The largest absolute Gasteiger partial charge is 0.387 e. The van der Waals surface area contributed by atoms with E-state index in [1.807, 2.05) is 26.8 Å². The summed E-state index contributed by atoms with van der Waals surface area (Å²) in [7, 11) is 0. The highest BCUT2D eigenvalue weighted by atomic mass is 16.5. The first-order valence-corrected chi connectivity index (χ1v) is 7.46. The van der Waals surface area contributed by atoms with Gasteiger partial charge in [0.25, 0.3) is 5.91 Å². The van der Waals surface area contributed by atoms with Gasteiger partial charge in [-0.1, -0.05) is 13.8 Å². The zero-order valence-electron chi connectivity index (χ0n) is 13.2. The fourth-order valence-corrected chi connectivity index (χ4v) is 2.79. The molecule has 1 fully saturated rings. The Morgan fingerprint density at radius 3 is 2.59 bits per heavy atom. The highest BCUT2D eigenvalue weighted by molar-refractivity contribution is 5.94. The van der Waals surface area contributed by atoms with Gasteiger partial charge in [-0.25, -0.2) is 0 Å². The number of rotatable bonds is 5. The van der Waals surface area contributed by atoms with Crippen LogP contribution in [0.3, 0.4) is 0 Å². The van der Waals surface area contributed by atoms with Gasteiger partial charge in [0.05, 0.1) is 23.3 Å². The molecule has 1 aromatic rings. The average molecular weight is 302 g/mol. The summed E-state index contributed by atoms with van der Waals surface area (Å²) < 4.78 is 5.60. The van der Waals surface area contributed by atoms with Crippen molar-refractivity contribution in [1.82, 2.24) is 5.32 Å². The van der Waals surface area contributed by atoms with Crippen molar-refractivity contribution in [3.8, 4) is 6.07 Å². The Morgan fingerprint density at radius 1 is 1.45 bits per heavy atom. The minimum atomic E-state index is -0.963. The Labute approximate surface area is 130 Å². The van der Waals surface area contributed by atoms with Crippen molar-refractivity contribution in [1.29, 1.82) is 5.26 Å². The van der Waals surface area contributed by atoms with Gasteiger partial charge in [0.2, 0.25) is 0 Å². The van der Waals surface area contributed by atoms with E-state index in [1.54, 1.807) is 24.3 Å². The van der Waals surface area contributed by atoms with E-state index in [4.69, 9.17) is 10.00 Å². The Kier molecular flexibility index (Phi) is 4.55. The third-order valence-electron chi connectivity index (χ3n) is 4.71. The van der Waals surface area contributed by atoms with Crippen molar-refractivity contribution in [2.45, 2.75) is 38.9 Å². The van der Waals surface area contributed by atoms with E-state index in [0.29, 0.717) is 24.2 Å². The van der Waals surface area contributed by atoms with Crippen molar-refractivity contribution in [2.24, 2.45) is 5.41 Å². The molecular formula is C17H22N2O3. The standard InChI is InChI=1S/C17H22N2O3/c1-4-22-14-9-17(21,16(14,2)3)11-19-15(20)13-7-5-12(10-18)6-8-13/h5-8,14,21H,4,9,11H2,1-3H3,(H,19,20)/t14-,17+/m0/s1. The monoisotopic (exact) mass is 302 g/mol. The van der Waals surface area contributed by atoms with Gasteiger partial charge in [-0.05, 0) is 31.2 Å². The molecule has 0 aliphatic heterocycles. The highest BCUT2D eigenvalue weighted by Gasteiger charge is 2.59. The van der Waals surface area contributed by atoms with Crippen LogP contribution in [-0.2, 0) is 4.74 Å². The molecule has 1 aromatic carbocycles. The van der Waals surface area contributed by atoms with Gasteiger partial charge in [0, 0.05) is 30.6 Å². The number of hydrogen-bond acceptors (Lipinski definition) is 4. The molecule has 1 aliphatic rings. The molecule has 0 spiro atoms. The topological polar surface area (TPSA) is 82.3 Å². The molecule has 0 heterocycles. The molecule has 0 aromatic heterocycles. The lowest BCUT2D eigenvalue weighted by Crippen LogP contribution is -2.68. The van der Waals surface area contributed by atoms with Gasteiger partial charge in [0.1, 0.15) is 0 Å². The quantitative estimate of drug-likeness (QED) is 0.869. The first kappa shape index (κ1) is 16.5. The third-order valence-corrected chi connectivity index (χ3v) is 4.71. The van der Waals surface area contributed by atoms with E-state index in [9.17, 15) is 9.90 Å². The van der Waals surface area contributed by atoms with Crippen LogP contribution in [0.1, 0.15) is 43.1 Å². The summed E-state index contributed by atoms with van der Waals surface area (Å²) in [4.78, 5) is 12.1. The molecule has 118 valence electrons. The summed E-state index contributed by atoms with van der Waals surface area (Å²) in [5, 5.41) is 22.2. The van der Waals surface area contributed by atoms with Gasteiger partial charge in [0.15, 0.2) is 0 Å². The number of carbonyl (C=O) groups excluding carboxylic acids is 1. The van der Waals surface area contributed by atoms with Crippen LogP contribution in [0.15, 0.2) is 24.3 Å². The van der Waals surface area contributed by atoms with Crippen LogP contribution in [-0.4, -0.2) is 35.9 Å². The number of hydrogen-bond donors (Lipinski definition) is 2. The van der Waals surface area contributed by atoms with Crippen LogP contribution in [0.4, 0.5) is 0 Å². The molecule has 5 heteroatoms. The van der Waals surface area contributed by atoms with Crippen LogP contribution in [0.25, 0.3) is 0 Å². The SMILES string of the molecule is CCO[C@H]1C[C@@](O)(CNC(=O)c2ccc(C#N)cc2)C1(C)C. The summed E-state index contributed by atoms with van der Waals surface area (Å²) in [5.74, 6) is -0.256. The van der Waals surface area contributed by atoms with Crippen molar-refractivity contribution < 1.29 is 14.6 Å². The van der Waals surface area contributed by atoms with Gasteiger partial charge in [-0.3, -0.25) is 4.79 Å². The van der Waals surface area contributed by atoms with E-state index >= 15 is 0 Å². The van der Waals surface area contributed by atoms with Gasteiger partial charge < -0.3 is 15.2 Å². The second-order valence-electron chi connectivity index (χ2n) is 6.27. The Balaban J connectivity index is 1.95. The summed E-state index contributed by atoms with van der Waals surface area (Å²) in [6.45, 7) is 6.62. The smallest absolute Gasteiger partial charge is 0.251 e. The lowest BCUT2D eigenvalue weighted by molar-refractivity contribution is -0.237. The van der Waals surface area contributed by atoms with Crippen molar-refractivity contribution in [3.63, 3.8) is 0 Å². The lowest BCUT2D eigenvalue weighted by Gasteiger charge is -2.57. The molecule has 0 saturated heterocycles. The minimum Gasteiger partial charge on any atom is -0.387 e. The van der Waals surface area contributed by atoms with Crippen molar-refractivity contribution in [3.05, 3.63) is 35.4 Å². The predicted molar refractivity (Wildman–Crippen MR) is 82.3 cm³/mol. The molecule has 2 rings (SSSR count). The number of nitrogens with one attached hydrogen (secondary N) is 1. The number of carbonyl (C=O) groups is 1. The third kappa shape index (κ3) is 2.85. The Bertz CT molecular complexity index is 589. The molecule has 1 aliphatic carbocycles. The van der Waals surface area contributed by atoms with E-state index in [-0.39, 0.29) is 18.6 Å². The molecule has 0 unspecified atom stereocenters. The second kappa shape index (κ2) is 6.07. The van der Waals surface area contributed by atoms with Gasteiger partial charge in [-0.2, -0.15) is 5.26 Å². The number of nitrogens with zero attached hydrogens (tertiary/aromatic N) is 1. The predicted octanol–water partition coefficient (Wildman–Crippen LogP) is 1.85. The Morgan fingerprint density at radius 2 is 2.09 bits per heavy atom. The van der Waals surface area contributed by atoms with E-state index in [1.165, 1.54) is 0 Å². The number of aliphatic hydroxyl groups is 1. The van der Waals surface area contributed by atoms with Crippen LogP contribution in [0.5, 0.6) is 0 Å². The molecule has 1 amide bonds. The first-order valence-electron chi connectivity index (χ1n) is 7.46. The summed E-state index contributed by atoms with van der Waals surface area (Å²) in [6.07, 6.45) is 0.524. The molecule has 1 saturated carbocycles. The molecule has 22 heavy (non-hydrogen) atoms. The molecule has 5 nitrogen and oxygen atoms in total. The minimum absolute atomic E-state index is 0.00862. The zero-order chi connectivity index (χ0) is 16.4. The van der Waals surface area contributed by atoms with E-state index < -0.39 is 11.0 Å². The number of nitriles is 1. The van der Waals surface area contributed by atoms with Gasteiger partial charge in [-0.15, -0.1) is 0 Å². The maximum Gasteiger partial charge on any atom is 0.251 e. The zero-order valence-corrected chi connectivity index (χ0v) is 13.2. The molecular weight excluding hydrogens is 280 g/mol. The maximum atomic E-state index is 12.1. The fraction of sp³-hybridized carbons (Fsp3) is 0.529. The molecule has 2 atom stereocenters. The average Bonchev–Trinajstić information content (AvgIpc) is 2.52.